The third-order valence-electron chi connectivity index (χ3n) is 2.38. The smallest absolute Gasteiger partial charge is 0.237 e. The summed E-state index contributed by atoms with van der Waals surface area (Å²) in [4.78, 5) is 15.1. The third-order valence-corrected chi connectivity index (χ3v) is 2.38. The van der Waals surface area contributed by atoms with Crippen LogP contribution in [-0.4, -0.2) is 10.9 Å². The lowest BCUT2D eigenvalue weighted by Crippen LogP contribution is -2.31. The molecule has 0 unspecified atom stereocenters. The molecule has 0 spiro atoms. The van der Waals surface area contributed by atoms with Crippen LogP contribution in [0.4, 0.5) is 0 Å². The summed E-state index contributed by atoms with van der Waals surface area (Å²) in [5.74, 6) is 5.33. The number of nitrogens with zero attached hydrogens (tertiary/aromatic N) is 1. The topological polar surface area (TPSA) is 68.0 Å². The Morgan fingerprint density at radius 3 is 3.15 bits per heavy atom. The molecule has 4 nitrogen and oxygen atoms in total. The summed E-state index contributed by atoms with van der Waals surface area (Å²) in [5.41, 5.74) is 3.29. The third kappa shape index (κ3) is 1.53. The molecular weight excluding hydrogens is 166 g/mol. The lowest BCUT2D eigenvalue weighted by atomic mass is 10.1. The first-order valence-electron chi connectivity index (χ1n) is 4.23. The number of aromatic nitrogens is 1. The molecule has 0 saturated heterocycles. The van der Waals surface area contributed by atoms with Crippen molar-refractivity contribution in [3.8, 4) is 0 Å². The van der Waals surface area contributed by atoms with Crippen molar-refractivity contribution >= 4 is 5.91 Å². The Bertz CT molecular complexity index is 312. The first-order valence-corrected chi connectivity index (χ1v) is 4.23. The van der Waals surface area contributed by atoms with E-state index in [1.54, 1.807) is 12.4 Å². The number of carbonyl (C=O) groups excluding carboxylic acids is 1. The van der Waals surface area contributed by atoms with Gasteiger partial charge in [0.15, 0.2) is 0 Å². The van der Waals surface area contributed by atoms with Crippen molar-refractivity contribution in [2.45, 2.75) is 12.3 Å². The van der Waals surface area contributed by atoms with Gasteiger partial charge in [-0.15, -0.1) is 0 Å². The molecule has 1 amide bonds. The summed E-state index contributed by atoms with van der Waals surface area (Å²) in [6.45, 7) is 0. The van der Waals surface area contributed by atoms with Crippen molar-refractivity contribution < 1.29 is 4.79 Å². The highest BCUT2D eigenvalue weighted by Gasteiger charge is 2.43. The van der Waals surface area contributed by atoms with E-state index in [0.717, 1.165) is 12.0 Å². The van der Waals surface area contributed by atoms with Crippen molar-refractivity contribution in [2.24, 2.45) is 11.8 Å². The standard InChI is InChI=1S/C9H11N3O/c10-12-9(13)8-4-7(8)6-2-1-3-11-5-6/h1-3,5,7-8H,4,10H2,(H,12,13)/t7-,8-/m0/s1. The van der Waals surface area contributed by atoms with E-state index in [9.17, 15) is 4.79 Å². The van der Waals surface area contributed by atoms with Crippen LogP contribution in [0.2, 0.25) is 0 Å². The predicted octanol–water partition coefficient (Wildman–Crippen LogP) is 0.175. The first-order chi connectivity index (χ1) is 6.33. The highest BCUT2D eigenvalue weighted by atomic mass is 16.2. The van der Waals surface area contributed by atoms with Crippen molar-refractivity contribution in [3.05, 3.63) is 30.1 Å². The zero-order chi connectivity index (χ0) is 9.26. The van der Waals surface area contributed by atoms with Crippen molar-refractivity contribution in [1.29, 1.82) is 0 Å². The molecule has 0 radical (unpaired) electrons. The average molecular weight is 177 g/mol. The maximum Gasteiger partial charge on any atom is 0.237 e. The van der Waals surface area contributed by atoms with Crippen LogP contribution in [-0.2, 0) is 4.79 Å². The highest BCUT2D eigenvalue weighted by molar-refractivity contribution is 5.82. The van der Waals surface area contributed by atoms with E-state index in [4.69, 9.17) is 5.84 Å². The van der Waals surface area contributed by atoms with Gasteiger partial charge in [-0.25, -0.2) is 5.84 Å². The van der Waals surface area contributed by atoms with E-state index in [1.807, 2.05) is 12.1 Å². The minimum Gasteiger partial charge on any atom is -0.294 e. The molecule has 0 aromatic carbocycles. The molecule has 2 atom stereocenters. The van der Waals surface area contributed by atoms with Crippen LogP contribution in [0.3, 0.4) is 0 Å². The first kappa shape index (κ1) is 8.19. The van der Waals surface area contributed by atoms with E-state index < -0.39 is 0 Å². The van der Waals surface area contributed by atoms with Gasteiger partial charge in [-0.3, -0.25) is 15.2 Å². The zero-order valence-electron chi connectivity index (χ0n) is 7.10. The Labute approximate surface area is 76.1 Å². The molecule has 1 fully saturated rings. The van der Waals surface area contributed by atoms with Crippen molar-refractivity contribution in [1.82, 2.24) is 10.4 Å². The Balaban J connectivity index is 2.04. The van der Waals surface area contributed by atoms with Crippen molar-refractivity contribution in [3.63, 3.8) is 0 Å². The maximum absolute atomic E-state index is 11.1. The molecule has 0 aliphatic heterocycles. The molecule has 13 heavy (non-hydrogen) atoms. The zero-order valence-corrected chi connectivity index (χ0v) is 7.10. The van der Waals surface area contributed by atoms with E-state index in [1.165, 1.54) is 0 Å². The van der Waals surface area contributed by atoms with Crippen LogP contribution in [0.15, 0.2) is 24.5 Å². The minimum atomic E-state index is -0.0751. The fraction of sp³-hybridized carbons (Fsp3) is 0.333. The number of hydrogen-bond acceptors (Lipinski definition) is 3. The number of hydrazine groups is 1. The molecule has 1 saturated carbocycles. The lowest BCUT2D eigenvalue weighted by Gasteiger charge is -1.98. The van der Waals surface area contributed by atoms with Crippen LogP contribution >= 0.6 is 0 Å². The monoisotopic (exact) mass is 177 g/mol. The van der Waals surface area contributed by atoms with Gasteiger partial charge in [-0.2, -0.15) is 0 Å². The van der Waals surface area contributed by atoms with Crippen LogP contribution < -0.4 is 11.3 Å². The number of rotatable bonds is 2. The molecule has 1 aliphatic carbocycles. The molecular formula is C9H11N3O. The predicted molar refractivity (Wildman–Crippen MR) is 47.4 cm³/mol. The number of pyridine rings is 1. The Kier molecular flexibility index (Phi) is 1.98. The van der Waals surface area contributed by atoms with Crippen molar-refractivity contribution in [2.75, 3.05) is 0 Å². The summed E-state index contributed by atoms with van der Waals surface area (Å²) >= 11 is 0. The fourth-order valence-electron chi connectivity index (χ4n) is 1.56. The van der Waals surface area contributed by atoms with Gasteiger partial charge in [-0.1, -0.05) is 6.07 Å². The van der Waals surface area contributed by atoms with Gasteiger partial charge in [0.1, 0.15) is 0 Å². The van der Waals surface area contributed by atoms with Crippen LogP contribution in [0.25, 0.3) is 0 Å². The van der Waals surface area contributed by atoms with Gasteiger partial charge in [0.05, 0.1) is 0 Å². The summed E-state index contributed by atoms with van der Waals surface area (Å²) < 4.78 is 0. The number of hydrogen-bond donors (Lipinski definition) is 2. The van der Waals surface area contributed by atoms with Gasteiger partial charge < -0.3 is 0 Å². The number of nitrogens with two attached hydrogens (primary N) is 1. The lowest BCUT2D eigenvalue weighted by molar-refractivity contribution is -0.122. The molecule has 2 rings (SSSR count). The molecule has 0 bridgehead atoms. The summed E-state index contributed by atoms with van der Waals surface area (Å²) in [6, 6.07) is 3.87. The van der Waals surface area contributed by atoms with Gasteiger partial charge in [0, 0.05) is 18.3 Å². The second-order valence-electron chi connectivity index (χ2n) is 3.24. The fourth-order valence-corrected chi connectivity index (χ4v) is 1.56. The summed E-state index contributed by atoms with van der Waals surface area (Å²) in [5, 5.41) is 0. The molecule has 3 N–H and O–H groups in total. The van der Waals surface area contributed by atoms with E-state index >= 15 is 0 Å². The van der Waals surface area contributed by atoms with Crippen LogP contribution in [0, 0.1) is 5.92 Å². The van der Waals surface area contributed by atoms with Gasteiger partial charge in [0.25, 0.3) is 0 Å². The van der Waals surface area contributed by atoms with Gasteiger partial charge >= 0.3 is 0 Å². The number of nitrogens with one attached hydrogen (secondary N) is 1. The highest BCUT2D eigenvalue weighted by Crippen LogP contribution is 2.46. The van der Waals surface area contributed by atoms with E-state index in [0.29, 0.717) is 5.92 Å². The van der Waals surface area contributed by atoms with E-state index in [2.05, 4.69) is 10.4 Å². The second-order valence-corrected chi connectivity index (χ2v) is 3.24. The maximum atomic E-state index is 11.1. The molecule has 1 aromatic heterocycles. The van der Waals surface area contributed by atoms with Gasteiger partial charge in [0.2, 0.25) is 5.91 Å². The summed E-state index contributed by atoms with van der Waals surface area (Å²) in [7, 11) is 0. The SMILES string of the molecule is NNC(=O)[C@H]1C[C@H]1c1cccnc1. The number of amides is 1. The molecule has 4 heteroatoms. The summed E-state index contributed by atoms with van der Waals surface area (Å²) in [6.07, 6.45) is 4.41. The van der Waals surface area contributed by atoms with Crippen LogP contribution in [0.5, 0.6) is 0 Å². The largest absolute Gasteiger partial charge is 0.294 e. The van der Waals surface area contributed by atoms with Crippen LogP contribution in [0.1, 0.15) is 17.9 Å². The van der Waals surface area contributed by atoms with Gasteiger partial charge in [-0.05, 0) is 24.0 Å². The Morgan fingerprint density at radius 1 is 1.69 bits per heavy atom. The van der Waals surface area contributed by atoms with E-state index in [-0.39, 0.29) is 11.8 Å². The molecule has 1 aromatic rings. The second kappa shape index (κ2) is 3.14. The molecule has 1 heterocycles. The molecule has 1 aliphatic rings. The Hall–Kier alpha value is -1.42. The normalized spacial score (nSPS) is 25.3. The Morgan fingerprint density at radius 2 is 2.54 bits per heavy atom. The quantitative estimate of drug-likeness (QED) is 0.384. The minimum absolute atomic E-state index is 0.0502. The number of carbonyl (C=O) groups is 1. The molecule has 68 valence electrons. The average Bonchev–Trinajstić information content (AvgIpc) is 2.98.